The van der Waals surface area contributed by atoms with Gasteiger partial charge in [-0.25, -0.2) is 0 Å². The molecule has 0 aromatic carbocycles. The summed E-state index contributed by atoms with van der Waals surface area (Å²) >= 11 is 0. The highest BCUT2D eigenvalue weighted by atomic mass is 16.5. The van der Waals surface area contributed by atoms with Crippen molar-refractivity contribution in [2.45, 2.75) is 63.5 Å². The molecule has 0 saturated carbocycles. The van der Waals surface area contributed by atoms with Crippen molar-refractivity contribution in [1.29, 1.82) is 0 Å². The Morgan fingerprint density at radius 1 is 1.19 bits per heavy atom. The van der Waals surface area contributed by atoms with Crippen LogP contribution < -0.4 is 4.74 Å². The molecule has 0 radical (unpaired) electrons. The lowest BCUT2D eigenvalue weighted by Gasteiger charge is -2.54. The van der Waals surface area contributed by atoms with Gasteiger partial charge >= 0.3 is 0 Å². The normalized spacial score (nSPS) is 29.9. The topological polar surface area (TPSA) is 75.9 Å². The first kappa shape index (κ1) is 20.1. The van der Waals surface area contributed by atoms with Crippen LogP contribution in [-0.2, 0) is 11.2 Å². The second kappa shape index (κ2) is 8.14. The number of methoxy groups -OCH3 is 1. The summed E-state index contributed by atoms with van der Waals surface area (Å²) in [6.45, 7) is 3.27. The van der Waals surface area contributed by atoms with Gasteiger partial charge in [0.25, 0.3) is 0 Å². The Bertz CT molecular complexity index is 1050. The van der Waals surface area contributed by atoms with Gasteiger partial charge < -0.3 is 9.64 Å². The minimum Gasteiger partial charge on any atom is -0.480 e. The molecule has 6 rings (SSSR count). The van der Waals surface area contributed by atoms with E-state index in [2.05, 4.69) is 31.2 Å². The van der Waals surface area contributed by atoms with Crippen molar-refractivity contribution < 1.29 is 9.53 Å². The van der Waals surface area contributed by atoms with Crippen molar-refractivity contribution in [2.75, 3.05) is 26.7 Å². The molecule has 2 unspecified atom stereocenters. The minimum absolute atomic E-state index is 0.236. The van der Waals surface area contributed by atoms with Crippen LogP contribution in [0.5, 0.6) is 5.88 Å². The summed E-state index contributed by atoms with van der Waals surface area (Å²) in [5.41, 5.74) is 2.21. The molecule has 8 heteroatoms. The number of rotatable bonds is 4. The summed E-state index contributed by atoms with van der Waals surface area (Å²) in [6.07, 6.45) is 11.1. The summed E-state index contributed by atoms with van der Waals surface area (Å²) in [6, 6.07) is 4.64. The van der Waals surface area contributed by atoms with E-state index in [1.165, 1.54) is 37.8 Å². The van der Waals surface area contributed by atoms with E-state index >= 15 is 0 Å². The Balaban J connectivity index is 1.19. The molecule has 2 bridgehead atoms. The van der Waals surface area contributed by atoms with Crippen LogP contribution in [-0.4, -0.2) is 74.3 Å². The molecule has 3 fully saturated rings. The smallest absolute Gasteiger partial charge is 0.231 e. The summed E-state index contributed by atoms with van der Waals surface area (Å²) in [4.78, 5) is 18.4. The highest BCUT2D eigenvalue weighted by Crippen LogP contribution is 2.45. The highest BCUT2D eigenvalue weighted by molar-refractivity contribution is 5.77. The van der Waals surface area contributed by atoms with E-state index in [4.69, 9.17) is 4.74 Å². The number of piperidine rings is 3. The number of hydrogen-bond acceptors (Lipinski definition) is 6. The molecule has 1 aliphatic carbocycles. The lowest BCUT2D eigenvalue weighted by Crippen LogP contribution is -2.60. The Kier molecular flexibility index (Phi) is 5.12. The van der Waals surface area contributed by atoms with Gasteiger partial charge in [0, 0.05) is 38.0 Å². The van der Waals surface area contributed by atoms with Gasteiger partial charge in [0.1, 0.15) is 0 Å². The number of ether oxygens (including phenoxy) is 1. The minimum atomic E-state index is 0.236. The summed E-state index contributed by atoms with van der Waals surface area (Å²) < 4.78 is 6.92. The lowest BCUT2D eigenvalue weighted by molar-refractivity contribution is -0.136. The molecule has 0 N–H and O–H groups in total. The van der Waals surface area contributed by atoms with Gasteiger partial charge in [-0.05, 0) is 56.6 Å². The van der Waals surface area contributed by atoms with Gasteiger partial charge in [-0.15, -0.1) is 15.3 Å². The Labute approximate surface area is 188 Å². The van der Waals surface area contributed by atoms with Crippen LogP contribution in [0.2, 0.25) is 0 Å². The largest absolute Gasteiger partial charge is 0.480 e. The SMILES string of the molecule is COc1ccc2nnc(CCC(=O)N3CCCC4=C[C@H]5C[C@@H](CN6CCCCC56)C43)n2n1. The fourth-order valence-corrected chi connectivity index (χ4v) is 6.70. The molecule has 0 spiro atoms. The standard InChI is InChI=1S/C24H32N6O2/c1-32-22-9-7-20-25-26-21(30(20)27-22)8-10-23(31)29-12-4-5-16-13-17-14-18(24(16)29)15-28-11-3-2-6-19(17)28/h7,9,13,17-19,24H,2-6,8,10-12,14-15H2,1H3/t17-,18-,19?,24?/m0/s1. The van der Waals surface area contributed by atoms with E-state index in [-0.39, 0.29) is 5.91 Å². The van der Waals surface area contributed by atoms with Crippen LogP contribution in [0.15, 0.2) is 23.8 Å². The molecular formula is C24H32N6O2. The third-order valence-corrected chi connectivity index (χ3v) is 8.05. The van der Waals surface area contributed by atoms with Gasteiger partial charge in [-0.1, -0.05) is 18.1 Å². The molecular weight excluding hydrogens is 404 g/mol. The zero-order valence-corrected chi connectivity index (χ0v) is 18.8. The molecule has 5 heterocycles. The second-order valence-corrected chi connectivity index (χ2v) is 9.86. The van der Waals surface area contributed by atoms with Crippen LogP contribution >= 0.6 is 0 Å². The zero-order valence-electron chi connectivity index (χ0n) is 18.8. The van der Waals surface area contributed by atoms with Gasteiger partial charge in [0.05, 0.1) is 13.2 Å². The van der Waals surface area contributed by atoms with Crippen molar-refractivity contribution >= 4 is 11.6 Å². The highest BCUT2D eigenvalue weighted by Gasteiger charge is 2.46. The third kappa shape index (κ3) is 3.39. The van der Waals surface area contributed by atoms with E-state index in [0.717, 1.165) is 32.0 Å². The zero-order chi connectivity index (χ0) is 21.7. The van der Waals surface area contributed by atoms with E-state index in [1.54, 1.807) is 17.7 Å². The molecule has 2 aromatic rings. The molecule has 4 atom stereocenters. The number of amides is 1. The van der Waals surface area contributed by atoms with Crippen molar-refractivity contribution in [2.24, 2.45) is 11.8 Å². The molecule has 32 heavy (non-hydrogen) atoms. The number of nitrogens with zero attached hydrogens (tertiary/aromatic N) is 6. The van der Waals surface area contributed by atoms with E-state index in [0.29, 0.717) is 48.1 Å². The molecule has 8 nitrogen and oxygen atoms in total. The fraction of sp³-hybridized carbons (Fsp3) is 0.667. The molecule has 2 aromatic heterocycles. The van der Waals surface area contributed by atoms with Gasteiger partial charge in [-0.2, -0.15) is 4.52 Å². The lowest BCUT2D eigenvalue weighted by atomic mass is 9.68. The average Bonchev–Trinajstić information content (AvgIpc) is 3.24. The maximum Gasteiger partial charge on any atom is 0.231 e. The maximum absolute atomic E-state index is 13.4. The molecule has 3 aliphatic heterocycles. The average molecular weight is 437 g/mol. The van der Waals surface area contributed by atoms with Gasteiger partial charge in [0.2, 0.25) is 11.8 Å². The van der Waals surface area contributed by atoms with Crippen molar-refractivity contribution in [1.82, 2.24) is 29.6 Å². The number of aryl methyl sites for hydroxylation is 1. The number of fused-ring (bicyclic) bond motifs is 7. The molecule has 170 valence electrons. The summed E-state index contributed by atoms with van der Waals surface area (Å²) in [5, 5.41) is 12.9. The van der Waals surface area contributed by atoms with Gasteiger partial charge in [0.15, 0.2) is 11.5 Å². The van der Waals surface area contributed by atoms with Gasteiger partial charge in [-0.3, -0.25) is 9.69 Å². The Morgan fingerprint density at radius 2 is 2.12 bits per heavy atom. The molecule has 4 aliphatic rings. The quantitative estimate of drug-likeness (QED) is 0.686. The molecule has 1 amide bonds. The monoisotopic (exact) mass is 436 g/mol. The number of aromatic nitrogens is 4. The molecule has 3 saturated heterocycles. The first-order valence-corrected chi connectivity index (χ1v) is 12.2. The predicted octanol–water partition coefficient (Wildman–Crippen LogP) is 2.49. The van der Waals surface area contributed by atoms with Crippen LogP contribution in [0.1, 0.15) is 50.8 Å². The van der Waals surface area contributed by atoms with Crippen molar-refractivity contribution in [3.05, 3.63) is 29.6 Å². The number of carbonyl (C=O) groups excluding carboxylic acids is 1. The fourth-order valence-electron chi connectivity index (χ4n) is 6.70. The number of hydrogen-bond donors (Lipinski definition) is 0. The second-order valence-electron chi connectivity index (χ2n) is 9.86. The number of likely N-dealkylation sites (tertiary alicyclic amines) is 1. The Morgan fingerprint density at radius 3 is 3.03 bits per heavy atom. The third-order valence-electron chi connectivity index (χ3n) is 8.05. The van der Waals surface area contributed by atoms with E-state index in [9.17, 15) is 4.79 Å². The first-order valence-electron chi connectivity index (χ1n) is 12.2. The summed E-state index contributed by atoms with van der Waals surface area (Å²) in [7, 11) is 1.59. The van der Waals surface area contributed by atoms with Crippen LogP contribution in [0, 0.1) is 11.8 Å². The van der Waals surface area contributed by atoms with Crippen molar-refractivity contribution in [3.8, 4) is 5.88 Å². The van der Waals surface area contributed by atoms with Crippen LogP contribution in [0.4, 0.5) is 0 Å². The van der Waals surface area contributed by atoms with Crippen molar-refractivity contribution in [3.63, 3.8) is 0 Å². The Hall–Kier alpha value is -2.48. The van der Waals surface area contributed by atoms with Crippen LogP contribution in [0.25, 0.3) is 5.65 Å². The summed E-state index contributed by atoms with van der Waals surface area (Å²) in [5.74, 6) is 2.73. The van der Waals surface area contributed by atoms with E-state index < -0.39 is 0 Å². The first-order chi connectivity index (χ1) is 15.7. The van der Waals surface area contributed by atoms with Crippen LogP contribution in [0.3, 0.4) is 0 Å². The van der Waals surface area contributed by atoms with E-state index in [1.807, 2.05) is 6.07 Å². The number of carbonyl (C=O) groups is 1. The predicted molar refractivity (Wildman–Crippen MR) is 119 cm³/mol. The maximum atomic E-state index is 13.4.